The number of benzene rings is 2. The molecule has 2 aliphatic rings. The highest BCUT2D eigenvalue weighted by atomic mass is 19.1. The van der Waals surface area contributed by atoms with E-state index in [0.717, 1.165) is 42.2 Å². The second kappa shape index (κ2) is 10.3. The first kappa shape index (κ1) is 24.7. The van der Waals surface area contributed by atoms with Gasteiger partial charge in [0.05, 0.1) is 16.0 Å². The number of fused-ring (bicyclic) bond motifs is 1. The van der Waals surface area contributed by atoms with Gasteiger partial charge < -0.3 is 19.7 Å². The summed E-state index contributed by atoms with van der Waals surface area (Å²) >= 11 is 0. The quantitative estimate of drug-likeness (QED) is 0.306. The van der Waals surface area contributed by atoms with Gasteiger partial charge in [0, 0.05) is 80.8 Å². The van der Waals surface area contributed by atoms with Gasteiger partial charge >= 0.3 is 0 Å². The molecule has 2 saturated heterocycles. The molecule has 0 bridgehead atoms. The number of anilines is 2. The number of H-pyrrole nitrogens is 1. The van der Waals surface area contributed by atoms with Crippen molar-refractivity contribution in [2.45, 2.75) is 12.8 Å². The molecule has 1 amide bonds. The van der Waals surface area contributed by atoms with E-state index >= 15 is 0 Å². The Morgan fingerprint density at radius 2 is 1.69 bits per heavy atom. The number of carbonyl (C=O) groups excluding carboxylic acids is 1. The maximum atomic E-state index is 14.3. The molecule has 2 fully saturated rings. The van der Waals surface area contributed by atoms with E-state index in [1.54, 1.807) is 0 Å². The summed E-state index contributed by atoms with van der Waals surface area (Å²) in [6, 6.07) is 11.3. The number of hydrogen-bond acceptors (Lipinski definition) is 8. The third-order valence-corrected chi connectivity index (χ3v) is 7.50. The maximum Gasteiger partial charge on any atom is 0.270 e. The number of halogens is 1. The number of piperidine rings is 1. The Morgan fingerprint density at radius 3 is 2.38 bits per heavy atom. The van der Waals surface area contributed by atoms with Crippen molar-refractivity contribution in [3.05, 3.63) is 70.8 Å². The molecule has 0 aliphatic carbocycles. The summed E-state index contributed by atoms with van der Waals surface area (Å²) in [6.07, 6.45) is 4.35. The molecule has 39 heavy (non-hydrogen) atoms. The van der Waals surface area contributed by atoms with Gasteiger partial charge in [-0.3, -0.25) is 14.9 Å². The number of nitro groups is 1. The highest BCUT2D eigenvalue weighted by molar-refractivity contribution is 5.80. The Hall–Kier alpha value is -4.61. The molecule has 0 unspecified atom stereocenters. The number of nitrogens with one attached hydrogen (secondary N) is 1. The van der Waals surface area contributed by atoms with Crippen molar-refractivity contribution in [2.75, 3.05) is 49.1 Å². The predicted molar refractivity (Wildman–Crippen MR) is 144 cm³/mol. The smallest absolute Gasteiger partial charge is 0.270 e. The average molecular weight is 531 g/mol. The number of nitro benzene ring substituents is 1. The molecule has 200 valence electrons. The summed E-state index contributed by atoms with van der Waals surface area (Å²) in [6.45, 7) is 4.06. The Morgan fingerprint density at radius 1 is 0.974 bits per heavy atom. The number of carbonyl (C=O) groups is 1. The SMILES string of the molecule is O=C(C1CCN(c2ncc(-c3cc([N+](=O)[O-])ccc3F)cn2)CC1)N1CCN(c2nc3ccccc3[nH]2)CC1. The molecule has 2 aliphatic heterocycles. The molecule has 11 nitrogen and oxygen atoms in total. The van der Waals surface area contributed by atoms with Crippen LogP contribution < -0.4 is 9.80 Å². The molecule has 1 N–H and O–H groups in total. The fourth-order valence-electron chi connectivity index (χ4n) is 5.28. The van der Waals surface area contributed by atoms with Crippen molar-refractivity contribution < 1.29 is 14.1 Å². The fraction of sp³-hybridized carbons (Fsp3) is 0.333. The number of piperazine rings is 1. The second-order valence-corrected chi connectivity index (χ2v) is 9.84. The molecule has 4 heterocycles. The monoisotopic (exact) mass is 530 g/mol. The zero-order chi connectivity index (χ0) is 26.9. The highest BCUT2D eigenvalue weighted by Crippen LogP contribution is 2.28. The summed E-state index contributed by atoms with van der Waals surface area (Å²) in [4.78, 5) is 46.7. The van der Waals surface area contributed by atoms with Gasteiger partial charge in [-0.1, -0.05) is 12.1 Å². The van der Waals surface area contributed by atoms with Crippen molar-refractivity contribution >= 4 is 34.5 Å². The first-order valence-electron chi connectivity index (χ1n) is 13.0. The van der Waals surface area contributed by atoms with E-state index < -0.39 is 10.7 Å². The summed E-state index contributed by atoms with van der Waals surface area (Å²) < 4.78 is 14.3. The number of rotatable bonds is 5. The van der Waals surface area contributed by atoms with Crippen LogP contribution in [0.25, 0.3) is 22.2 Å². The summed E-state index contributed by atoms with van der Waals surface area (Å²) in [5, 5.41) is 11.0. The van der Waals surface area contributed by atoms with E-state index in [2.05, 4.69) is 24.8 Å². The van der Waals surface area contributed by atoms with Crippen molar-refractivity contribution in [1.29, 1.82) is 0 Å². The predicted octanol–water partition coefficient (Wildman–Crippen LogP) is 3.63. The van der Waals surface area contributed by atoms with Crippen LogP contribution in [-0.4, -0.2) is 74.9 Å². The first-order chi connectivity index (χ1) is 19.0. The third-order valence-electron chi connectivity index (χ3n) is 7.50. The number of para-hydroxylation sites is 2. The lowest BCUT2D eigenvalue weighted by Gasteiger charge is -2.38. The van der Waals surface area contributed by atoms with Crippen molar-refractivity contribution in [1.82, 2.24) is 24.8 Å². The number of non-ortho nitro benzene ring substituents is 1. The average Bonchev–Trinajstić information content (AvgIpc) is 3.42. The second-order valence-electron chi connectivity index (χ2n) is 9.84. The van der Waals surface area contributed by atoms with Crippen LogP contribution >= 0.6 is 0 Å². The topological polar surface area (TPSA) is 124 Å². The van der Waals surface area contributed by atoms with Crippen LogP contribution in [0.15, 0.2) is 54.9 Å². The maximum absolute atomic E-state index is 14.3. The largest absolute Gasteiger partial charge is 0.341 e. The lowest BCUT2D eigenvalue weighted by atomic mass is 9.95. The van der Waals surface area contributed by atoms with Gasteiger partial charge in [0.15, 0.2) is 0 Å². The van der Waals surface area contributed by atoms with E-state index in [9.17, 15) is 19.3 Å². The molecule has 12 heteroatoms. The number of nitrogens with zero attached hydrogens (tertiary/aromatic N) is 7. The van der Waals surface area contributed by atoms with Crippen LogP contribution in [-0.2, 0) is 4.79 Å². The van der Waals surface area contributed by atoms with Gasteiger partial charge in [0.1, 0.15) is 5.82 Å². The van der Waals surface area contributed by atoms with Gasteiger partial charge in [-0.15, -0.1) is 0 Å². The van der Waals surface area contributed by atoms with Crippen LogP contribution in [0.2, 0.25) is 0 Å². The molecule has 2 aromatic carbocycles. The van der Waals surface area contributed by atoms with Crippen LogP contribution in [0.4, 0.5) is 22.0 Å². The molecule has 0 saturated carbocycles. The van der Waals surface area contributed by atoms with E-state index in [0.29, 0.717) is 50.5 Å². The molecule has 0 atom stereocenters. The van der Waals surface area contributed by atoms with E-state index in [1.165, 1.54) is 18.5 Å². The number of amides is 1. The van der Waals surface area contributed by atoms with Gasteiger partial charge in [-0.2, -0.15) is 0 Å². The van der Waals surface area contributed by atoms with Gasteiger partial charge in [0.2, 0.25) is 17.8 Å². The van der Waals surface area contributed by atoms with E-state index in [4.69, 9.17) is 0 Å². The fourth-order valence-corrected chi connectivity index (χ4v) is 5.28. The summed E-state index contributed by atoms with van der Waals surface area (Å²) in [5.41, 5.74) is 2.20. The highest BCUT2D eigenvalue weighted by Gasteiger charge is 2.31. The molecule has 4 aromatic rings. The van der Waals surface area contributed by atoms with Crippen molar-refractivity contribution in [2.24, 2.45) is 5.92 Å². The third kappa shape index (κ3) is 4.97. The first-order valence-corrected chi connectivity index (χ1v) is 13.0. The van der Waals surface area contributed by atoms with Crippen molar-refractivity contribution in [3.8, 4) is 11.1 Å². The zero-order valence-electron chi connectivity index (χ0n) is 21.2. The Balaban J connectivity index is 1.03. The lowest BCUT2D eigenvalue weighted by molar-refractivity contribution is -0.384. The summed E-state index contributed by atoms with van der Waals surface area (Å²) in [5.74, 6) is 0.911. The number of hydrogen-bond donors (Lipinski definition) is 1. The minimum atomic E-state index is -0.574. The Bertz CT molecular complexity index is 1480. The number of aromatic nitrogens is 4. The van der Waals surface area contributed by atoms with Gasteiger partial charge in [-0.05, 0) is 31.0 Å². The van der Waals surface area contributed by atoms with E-state index in [1.807, 2.05) is 34.1 Å². The molecular weight excluding hydrogens is 503 g/mol. The zero-order valence-corrected chi connectivity index (χ0v) is 21.2. The number of imidazole rings is 1. The van der Waals surface area contributed by atoms with Crippen LogP contribution in [0.5, 0.6) is 0 Å². The minimum Gasteiger partial charge on any atom is -0.341 e. The van der Waals surface area contributed by atoms with Crippen LogP contribution in [0, 0.1) is 21.8 Å². The van der Waals surface area contributed by atoms with Crippen LogP contribution in [0.1, 0.15) is 12.8 Å². The van der Waals surface area contributed by atoms with Crippen molar-refractivity contribution in [3.63, 3.8) is 0 Å². The Kier molecular flexibility index (Phi) is 6.51. The Labute approximate surface area is 223 Å². The molecule has 0 radical (unpaired) electrons. The molecule has 0 spiro atoms. The normalized spacial score (nSPS) is 16.6. The summed E-state index contributed by atoms with van der Waals surface area (Å²) in [7, 11) is 0. The van der Waals surface area contributed by atoms with Gasteiger partial charge in [0.25, 0.3) is 5.69 Å². The molecular formula is C27H27FN8O3. The number of aromatic amines is 1. The van der Waals surface area contributed by atoms with Crippen LogP contribution in [0.3, 0.4) is 0 Å². The lowest BCUT2D eigenvalue weighted by Crippen LogP contribution is -2.52. The molecule has 2 aromatic heterocycles. The van der Waals surface area contributed by atoms with Gasteiger partial charge in [-0.25, -0.2) is 19.3 Å². The molecule has 6 rings (SSSR count). The minimum absolute atomic E-state index is 0.0442. The standard InChI is InChI=1S/C27H27FN8O3/c28-22-6-5-20(36(38)39)15-21(22)19-16-29-26(30-17-19)34-9-7-18(8-10-34)25(37)33-11-13-35(14-12-33)27-31-23-3-1-2-4-24(23)32-27/h1-6,15-18H,7-14H2,(H,31,32). The van der Waals surface area contributed by atoms with E-state index in [-0.39, 0.29) is 23.1 Å².